The molecule has 3 aliphatic heterocycles. The number of pyridine rings is 1. The number of likely N-dealkylation sites (N-methyl/N-ethyl adjacent to an activating group) is 2. The van der Waals surface area contributed by atoms with Crippen molar-refractivity contribution >= 4 is 34.4 Å². The molecule has 0 aliphatic carbocycles. The molecule has 0 spiro atoms. The zero-order valence-corrected chi connectivity index (χ0v) is 37.6. The predicted molar refractivity (Wildman–Crippen MR) is 241 cm³/mol. The third-order valence-electron chi connectivity index (χ3n) is 12.8. The summed E-state index contributed by atoms with van der Waals surface area (Å²) in [6, 6.07) is 15.2. The summed E-state index contributed by atoms with van der Waals surface area (Å²) in [6.45, 7) is 17.6. The molecule has 0 unspecified atom stereocenters. The molecule has 61 heavy (non-hydrogen) atoms. The van der Waals surface area contributed by atoms with Gasteiger partial charge in [-0.15, -0.1) is 0 Å². The van der Waals surface area contributed by atoms with E-state index in [9.17, 15) is 14.4 Å². The van der Waals surface area contributed by atoms with Crippen LogP contribution in [-0.2, 0) is 43.2 Å². The Balaban J connectivity index is 1.39. The maximum Gasteiger partial charge on any atom is 0.324 e. The number of ether oxygens (including phenoxy) is 2. The van der Waals surface area contributed by atoms with Gasteiger partial charge < -0.3 is 34.5 Å². The van der Waals surface area contributed by atoms with E-state index >= 15 is 0 Å². The highest BCUT2D eigenvalue weighted by Gasteiger charge is 2.36. The van der Waals surface area contributed by atoms with Crippen LogP contribution in [-0.4, -0.2) is 116 Å². The van der Waals surface area contributed by atoms with E-state index in [1.807, 2.05) is 32.2 Å². The Bertz CT molecular complexity index is 2230. The molecule has 2 aromatic carbocycles. The van der Waals surface area contributed by atoms with Crippen molar-refractivity contribution in [3.05, 3.63) is 71.5 Å². The molecule has 2 aromatic heterocycles. The van der Waals surface area contributed by atoms with E-state index in [0.717, 1.165) is 83.0 Å². The van der Waals surface area contributed by atoms with Gasteiger partial charge in [0.2, 0.25) is 5.91 Å². The average Bonchev–Trinajstić information content (AvgIpc) is 3.56. The summed E-state index contributed by atoms with van der Waals surface area (Å²) in [5, 5.41) is 8.82. The van der Waals surface area contributed by atoms with Crippen LogP contribution in [0.15, 0.2) is 54.7 Å². The molecule has 2 saturated heterocycles. The van der Waals surface area contributed by atoms with Gasteiger partial charge in [-0.3, -0.25) is 24.4 Å². The number of piperazine rings is 1. The number of anilines is 1. The molecule has 2 fully saturated rings. The van der Waals surface area contributed by atoms with Crippen molar-refractivity contribution in [1.82, 2.24) is 35.5 Å². The third-order valence-corrected chi connectivity index (χ3v) is 12.8. The van der Waals surface area contributed by atoms with Gasteiger partial charge in [0.15, 0.2) is 0 Å². The highest BCUT2D eigenvalue weighted by molar-refractivity contribution is 5.96. The minimum absolute atomic E-state index is 0.00850. The molecule has 328 valence electrons. The summed E-state index contributed by atoms with van der Waals surface area (Å²) < 4.78 is 14.6. The minimum atomic E-state index is -0.869. The molecule has 13 nitrogen and oxygen atoms in total. The number of amides is 2. The number of aromatic nitrogens is 2. The number of benzene rings is 2. The number of nitrogens with one attached hydrogen (secondary N) is 3. The first-order valence-electron chi connectivity index (χ1n) is 22.1. The summed E-state index contributed by atoms with van der Waals surface area (Å²) in [5.74, 6) is -0.918. The summed E-state index contributed by atoms with van der Waals surface area (Å²) >= 11 is 0. The van der Waals surface area contributed by atoms with Gasteiger partial charge in [-0.2, -0.15) is 0 Å². The van der Waals surface area contributed by atoms with Gasteiger partial charge in [-0.1, -0.05) is 58.0 Å². The smallest absolute Gasteiger partial charge is 0.324 e. The zero-order valence-electron chi connectivity index (χ0n) is 37.6. The number of nitrogens with zero attached hydrogens (tertiary/aromatic N) is 5. The van der Waals surface area contributed by atoms with E-state index in [2.05, 4.69) is 102 Å². The van der Waals surface area contributed by atoms with Crippen LogP contribution in [0.3, 0.4) is 0 Å². The number of esters is 1. The molecule has 5 heterocycles. The normalized spacial score (nSPS) is 21.3. The second-order valence-electron chi connectivity index (χ2n) is 18.3. The lowest BCUT2D eigenvalue weighted by Crippen LogP contribution is -2.61. The second kappa shape index (κ2) is 18.7. The summed E-state index contributed by atoms with van der Waals surface area (Å²) in [5.41, 5.74) is 12.1. The van der Waals surface area contributed by atoms with Crippen LogP contribution in [0.4, 0.5) is 5.69 Å². The summed E-state index contributed by atoms with van der Waals surface area (Å²) in [4.78, 5) is 51.8. The van der Waals surface area contributed by atoms with Crippen LogP contribution in [0.2, 0.25) is 0 Å². The van der Waals surface area contributed by atoms with Crippen LogP contribution in [0, 0.1) is 11.3 Å². The topological polar surface area (TPSA) is 133 Å². The van der Waals surface area contributed by atoms with Gasteiger partial charge in [0, 0.05) is 74.7 Å². The SMILES string of the molecule is CCn1c(-c2cc(N3CCN(C)CC3)cnc2[C@H](C)OC)c2c3cc(ccc31)-c1cccc(c1)C[C@H](NC(=O)[C@@H](NC)C(C)C)C(=O)N1CCC[C@H](N1)C(=O)OCC(C)(C)C2. The Morgan fingerprint density at radius 2 is 1.79 bits per heavy atom. The number of carbonyl (C=O) groups excluding carboxylic acids is 3. The maximum atomic E-state index is 14.4. The fraction of sp³-hybridized carbons (Fsp3) is 0.542. The van der Waals surface area contributed by atoms with E-state index in [1.54, 1.807) is 14.2 Å². The van der Waals surface area contributed by atoms with Crippen molar-refractivity contribution in [2.45, 2.75) is 98.0 Å². The molecular weight excluding hydrogens is 769 g/mol. The molecule has 13 heteroatoms. The van der Waals surface area contributed by atoms with Crippen molar-refractivity contribution in [1.29, 1.82) is 0 Å². The van der Waals surface area contributed by atoms with Gasteiger partial charge in [0.1, 0.15) is 12.1 Å². The van der Waals surface area contributed by atoms with Gasteiger partial charge in [-0.05, 0) is 93.6 Å². The van der Waals surface area contributed by atoms with Crippen LogP contribution in [0.25, 0.3) is 33.3 Å². The number of aryl methyl sites for hydroxylation is 1. The number of carbonyl (C=O) groups is 3. The number of fused-ring (bicyclic) bond motifs is 6. The first-order valence-corrected chi connectivity index (χ1v) is 22.1. The predicted octanol–water partition coefficient (Wildman–Crippen LogP) is 5.74. The lowest BCUT2D eigenvalue weighted by atomic mass is 9.84. The van der Waals surface area contributed by atoms with Gasteiger partial charge in [0.05, 0.1) is 42.0 Å². The van der Waals surface area contributed by atoms with Crippen molar-refractivity contribution in [2.24, 2.45) is 11.3 Å². The Kier molecular flexibility index (Phi) is 13.5. The van der Waals surface area contributed by atoms with Gasteiger partial charge >= 0.3 is 5.97 Å². The Morgan fingerprint density at radius 1 is 1.03 bits per heavy atom. The van der Waals surface area contributed by atoms with Crippen molar-refractivity contribution in [2.75, 3.05) is 65.4 Å². The first-order chi connectivity index (χ1) is 29.2. The highest BCUT2D eigenvalue weighted by atomic mass is 16.5. The van der Waals surface area contributed by atoms with Gasteiger partial charge in [0.25, 0.3) is 5.91 Å². The van der Waals surface area contributed by atoms with Crippen LogP contribution < -0.4 is 21.0 Å². The fourth-order valence-electron chi connectivity index (χ4n) is 9.29. The Morgan fingerprint density at radius 3 is 2.49 bits per heavy atom. The van der Waals surface area contributed by atoms with Crippen molar-refractivity contribution < 1.29 is 23.9 Å². The monoisotopic (exact) mass is 835 g/mol. The van der Waals surface area contributed by atoms with E-state index in [0.29, 0.717) is 25.8 Å². The molecule has 2 amide bonds. The molecule has 0 saturated carbocycles. The van der Waals surface area contributed by atoms with Crippen LogP contribution in [0.1, 0.15) is 77.3 Å². The van der Waals surface area contributed by atoms with E-state index in [-0.39, 0.29) is 36.9 Å². The number of cyclic esters (lactones) is 1. The number of rotatable bonds is 9. The first kappa shape index (κ1) is 44.2. The number of hydrazine groups is 1. The zero-order chi connectivity index (χ0) is 43.6. The Labute approximate surface area is 361 Å². The highest BCUT2D eigenvalue weighted by Crippen LogP contribution is 2.43. The van der Waals surface area contributed by atoms with E-state index in [4.69, 9.17) is 14.5 Å². The van der Waals surface area contributed by atoms with Crippen molar-refractivity contribution in [3.8, 4) is 22.4 Å². The average molecular weight is 835 g/mol. The van der Waals surface area contributed by atoms with Crippen LogP contribution in [0.5, 0.6) is 0 Å². The molecular formula is C48H66N8O5. The second-order valence-corrected chi connectivity index (χ2v) is 18.3. The molecule has 6 bridgehead atoms. The number of hydrogen-bond acceptors (Lipinski definition) is 10. The lowest BCUT2D eigenvalue weighted by molar-refractivity contribution is -0.155. The molecule has 7 rings (SSSR count). The number of hydrogen-bond donors (Lipinski definition) is 3. The standard InChI is InChI=1S/C48H66N8O5/c1-10-55-41-17-16-34-25-36(41)38(44(55)37-26-35(28-50-43(37)31(4)60-9)54-21-19-53(8)20-22-54)27-48(5,6)29-61-47(59)39-15-12-18-56(52-39)46(58)40(24-32-13-11-14-33(34)23-32)51-45(57)42(49-7)30(2)3/h11,13-14,16-17,23,25-26,28,30-31,39-40,42,49,52H,10,12,15,18-22,24,27,29H2,1-9H3,(H,51,57)/t31-,39-,40-,42-/m0/s1. The van der Waals surface area contributed by atoms with Gasteiger partial charge in [-0.25, -0.2) is 5.43 Å². The molecule has 3 aliphatic rings. The minimum Gasteiger partial charge on any atom is -0.464 e. The summed E-state index contributed by atoms with van der Waals surface area (Å²) in [6.07, 6.45) is 3.79. The van der Waals surface area contributed by atoms with Crippen LogP contribution >= 0.6 is 0 Å². The van der Waals surface area contributed by atoms with E-state index in [1.165, 1.54) is 10.6 Å². The molecule has 0 radical (unpaired) electrons. The number of methoxy groups -OCH3 is 1. The quantitative estimate of drug-likeness (QED) is 0.180. The lowest BCUT2D eigenvalue weighted by Gasteiger charge is -2.36. The largest absolute Gasteiger partial charge is 0.464 e. The maximum absolute atomic E-state index is 14.4. The fourth-order valence-corrected chi connectivity index (χ4v) is 9.29. The Hall–Kier alpha value is -4.82. The molecule has 3 N–H and O–H groups in total. The van der Waals surface area contributed by atoms with Crippen molar-refractivity contribution in [3.63, 3.8) is 0 Å². The van der Waals surface area contributed by atoms with E-state index < -0.39 is 29.5 Å². The third kappa shape index (κ3) is 9.50. The molecule has 4 atom stereocenters. The summed E-state index contributed by atoms with van der Waals surface area (Å²) in [7, 11) is 5.65. The molecule has 4 aromatic rings.